The van der Waals surface area contributed by atoms with E-state index in [1.807, 2.05) is 12.3 Å². The highest BCUT2D eigenvalue weighted by Crippen LogP contribution is 2.30. The Kier molecular flexibility index (Phi) is 2.68. The molecule has 2 unspecified atom stereocenters. The Morgan fingerprint density at radius 1 is 1.38 bits per heavy atom. The second kappa shape index (κ2) is 4.46. The first-order chi connectivity index (χ1) is 10.1. The molecule has 2 N–H and O–H groups in total. The van der Waals surface area contributed by atoms with Crippen molar-refractivity contribution in [3.8, 4) is 0 Å². The lowest BCUT2D eigenvalue weighted by atomic mass is 9.94. The minimum absolute atomic E-state index is 0.0546. The standard InChI is InChI=1S/C15H19N5O/c1-9-4-6-19(2)8-12(9)20-13-10-3-5-16-14(10)17-7-11(13)15(21)18-20/h3,5,7,9,12H,4,6,8H2,1-2H3,(H,16,17)(H,18,21). The summed E-state index contributed by atoms with van der Waals surface area (Å²) in [5.74, 6) is 0.537. The number of rotatable bonds is 1. The van der Waals surface area contributed by atoms with Gasteiger partial charge in [0.1, 0.15) is 5.65 Å². The van der Waals surface area contributed by atoms with Crippen LogP contribution in [0.5, 0.6) is 0 Å². The third-order valence-electron chi connectivity index (χ3n) is 4.72. The van der Waals surface area contributed by atoms with Gasteiger partial charge < -0.3 is 9.88 Å². The van der Waals surface area contributed by atoms with Gasteiger partial charge in [0.15, 0.2) is 0 Å². The monoisotopic (exact) mass is 285 g/mol. The fourth-order valence-electron chi connectivity index (χ4n) is 3.44. The van der Waals surface area contributed by atoms with Crippen LogP contribution in [0.25, 0.3) is 21.9 Å². The van der Waals surface area contributed by atoms with Crippen LogP contribution in [-0.4, -0.2) is 44.8 Å². The molecule has 6 heteroatoms. The number of nitrogens with zero attached hydrogens (tertiary/aromatic N) is 3. The highest BCUT2D eigenvalue weighted by Gasteiger charge is 2.28. The molecule has 21 heavy (non-hydrogen) atoms. The topological polar surface area (TPSA) is 69.7 Å². The number of likely N-dealkylation sites (tertiary alicyclic amines) is 1. The normalized spacial score (nSPS) is 24.1. The maximum absolute atomic E-state index is 12.3. The first-order valence-electron chi connectivity index (χ1n) is 7.40. The Balaban J connectivity index is 1.99. The molecule has 6 nitrogen and oxygen atoms in total. The van der Waals surface area contributed by atoms with Gasteiger partial charge >= 0.3 is 0 Å². The summed E-state index contributed by atoms with van der Waals surface area (Å²) in [6.45, 7) is 4.33. The fourth-order valence-corrected chi connectivity index (χ4v) is 3.44. The van der Waals surface area contributed by atoms with Crippen molar-refractivity contribution in [1.29, 1.82) is 0 Å². The lowest BCUT2D eigenvalue weighted by Crippen LogP contribution is -2.39. The second-order valence-corrected chi connectivity index (χ2v) is 6.17. The summed E-state index contributed by atoms with van der Waals surface area (Å²) in [5, 5.41) is 4.71. The number of hydrogen-bond acceptors (Lipinski definition) is 3. The van der Waals surface area contributed by atoms with Crippen LogP contribution in [0.1, 0.15) is 19.4 Å². The van der Waals surface area contributed by atoms with Crippen molar-refractivity contribution in [2.45, 2.75) is 19.4 Å². The summed E-state index contributed by atoms with van der Waals surface area (Å²) in [7, 11) is 2.14. The number of aromatic nitrogens is 4. The Hall–Kier alpha value is -2.08. The van der Waals surface area contributed by atoms with Crippen LogP contribution < -0.4 is 5.56 Å². The Morgan fingerprint density at radius 2 is 2.24 bits per heavy atom. The van der Waals surface area contributed by atoms with Crippen LogP contribution in [0.15, 0.2) is 23.3 Å². The van der Waals surface area contributed by atoms with E-state index in [9.17, 15) is 4.79 Å². The molecule has 4 heterocycles. The number of fused-ring (bicyclic) bond motifs is 3. The van der Waals surface area contributed by atoms with E-state index in [2.05, 4.69) is 38.6 Å². The molecule has 0 aliphatic carbocycles. The molecule has 1 saturated heterocycles. The lowest BCUT2D eigenvalue weighted by molar-refractivity contribution is 0.152. The summed E-state index contributed by atoms with van der Waals surface area (Å²) in [6.07, 6.45) is 4.68. The fraction of sp³-hybridized carbons (Fsp3) is 0.467. The maximum Gasteiger partial charge on any atom is 0.273 e. The van der Waals surface area contributed by atoms with Crippen LogP contribution in [-0.2, 0) is 0 Å². The van der Waals surface area contributed by atoms with E-state index >= 15 is 0 Å². The number of H-pyrrole nitrogens is 2. The molecular weight excluding hydrogens is 266 g/mol. The van der Waals surface area contributed by atoms with Gasteiger partial charge in [0, 0.05) is 24.3 Å². The average Bonchev–Trinajstić information content (AvgIpc) is 3.06. The van der Waals surface area contributed by atoms with Crippen LogP contribution >= 0.6 is 0 Å². The molecule has 0 amide bonds. The van der Waals surface area contributed by atoms with Crippen molar-refractivity contribution in [1.82, 2.24) is 24.6 Å². The van der Waals surface area contributed by atoms with Crippen molar-refractivity contribution in [2.75, 3.05) is 20.1 Å². The number of likely N-dealkylation sites (N-methyl/N-ethyl adjacent to an activating group) is 1. The zero-order chi connectivity index (χ0) is 14.6. The first kappa shape index (κ1) is 12.6. The number of pyridine rings is 1. The average molecular weight is 285 g/mol. The highest BCUT2D eigenvalue weighted by molar-refractivity contribution is 6.02. The van der Waals surface area contributed by atoms with Gasteiger partial charge in [-0.3, -0.25) is 14.6 Å². The van der Waals surface area contributed by atoms with Gasteiger partial charge in [-0.25, -0.2) is 4.98 Å². The number of piperidine rings is 1. The molecule has 0 spiro atoms. The SMILES string of the molecule is CC1CCN(C)CC1n1[nH]c(=O)c2cnc3[nH]ccc3c21. The predicted octanol–water partition coefficient (Wildman–Crippen LogP) is 1.72. The van der Waals surface area contributed by atoms with Crippen LogP contribution in [0.4, 0.5) is 0 Å². The van der Waals surface area contributed by atoms with Crippen LogP contribution in [0.3, 0.4) is 0 Å². The maximum atomic E-state index is 12.3. The first-order valence-corrected chi connectivity index (χ1v) is 7.40. The van der Waals surface area contributed by atoms with Crippen molar-refractivity contribution >= 4 is 21.9 Å². The van der Waals surface area contributed by atoms with Crippen molar-refractivity contribution in [2.24, 2.45) is 5.92 Å². The van der Waals surface area contributed by atoms with Gasteiger partial charge in [-0.05, 0) is 32.0 Å². The van der Waals surface area contributed by atoms with Gasteiger partial charge in [-0.2, -0.15) is 0 Å². The van der Waals surface area contributed by atoms with Gasteiger partial charge in [0.25, 0.3) is 5.56 Å². The van der Waals surface area contributed by atoms with Gasteiger partial charge in [0.05, 0.1) is 16.9 Å². The van der Waals surface area contributed by atoms with Crippen molar-refractivity contribution in [3.05, 3.63) is 28.8 Å². The third-order valence-corrected chi connectivity index (χ3v) is 4.72. The summed E-state index contributed by atoms with van der Waals surface area (Å²) < 4.78 is 2.07. The summed E-state index contributed by atoms with van der Waals surface area (Å²) in [4.78, 5) is 22.0. The van der Waals surface area contributed by atoms with Gasteiger partial charge in [0.2, 0.25) is 0 Å². The molecule has 110 valence electrons. The number of hydrogen-bond donors (Lipinski definition) is 2. The Bertz CT molecular complexity index is 858. The number of nitrogens with one attached hydrogen (secondary N) is 2. The van der Waals surface area contributed by atoms with Gasteiger partial charge in [-0.1, -0.05) is 6.92 Å². The van der Waals surface area contributed by atoms with Crippen molar-refractivity contribution < 1.29 is 0 Å². The van der Waals surface area contributed by atoms with E-state index in [0.717, 1.165) is 36.1 Å². The third kappa shape index (κ3) is 1.82. The predicted molar refractivity (Wildman–Crippen MR) is 82.5 cm³/mol. The van der Waals surface area contributed by atoms with E-state index in [-0.39, 0.29) is 11.6 Å². The molecule has 1 aliphatic heterocycles. The van der Waals surface area contributed by atoms with E-state index in [4.69, 9.17) is 0 Å². The Morgan fingerprint density at radius 3 is 3.10 bits per heavy atom. The summed E-state index contributed by atoms with van der Waals surface area (Å²) >= 11 is 0. The Labute approximate surface area is 121 Å². The highest BCUT2D eigenvalue weighted by atomic mass is 16.1. The quantitative estimate of drug-likeness (QED) is 0.715. The van der Waals surface area contributed by atoms with Crippen LogP contribution in [0.2, 0.25) is 0 Å². The van der Waals surface area contributed by atoms with E-state index in [1.54, 1.807) is 6.20 Å². The zero-order valence-electron chi connectivity index (χ0n) is 12.3. The summed E-state index contributed by atoms with van der Waals surface area (Å²) in [5.41, 5.74) is 1.74. The lowest BCUT2D eigenvalue weighted by Gasteiger charge is -2.35. The zero-order valence-corrected chi connectivity index (χ0v) is 12.3. The minimum atomic E-state index is -0.0546. The molecule has 0 bridgehead atoms. The van der Waals surface area contributed by atoms with Crippen molar-refractivity contribution in [3.63, 3.8) is 0 Å². The molecule has 2 atom stereocenters. The van der Waals surface area contributed by atoms with E-state index < -0.39 is 0 Å². The molecule has 3 aromatic heterocycles. The number of aromatic amines is 2. The molecular formula is C15H19N5O. The largest absolute Gasteiger partial charge is 0.346 e. The molecule has 1 fully saturated rings. The molecule has 0 saturated carbocycles. The van der Waals surface area contributed by atoms with Crippen LogP contribution in [0, 0.1) is 5.92 Å². The molecule has 4 rings (SSSR count). The molecule has 3 aromatic rings. The minimum Gasteiger partial charge on any atom is -0.346 e. The second-order valence-electron chi connectivity index (χ2n) is 6.17. The van der Waals surface area contributed by atoms with Gasteiger partial charge in [-0.15, -0.1) is 0 Å². The molecule has 1 aliphatic rings. The smallest absolute Gasteiger partial charge is 0.273 e. The van der Waals surface area contributed by atoms with E-state index in [0.29, 0.717) is 11.3 Å². The summed E-state index contributed by atoms with van der Waals surface area (Å²) in [6, 6.07) is 2.28. The van der Waals surface area contributed by atoms with E-state index in [1.165, 1.54) is 0 Å². The molecule has 0 radical (unpaired) electrons. The molecule has 0 aromatic carbocycles.